The first-order chi connectivity index (χ1) is 9.15. The zero-order valence-electron chi connectivity index (χ0n) is 10.1. The predicted molar refractivity (Wildman–Crippen MR) is 71.7 cm³/mol. The van der Waals surface area contributed by atoms with E-state index in [-0.39, 0.29) is 12.4 Å². The molecule has 0 radical (unpaired) electrons. The van der Waals surface area contributed by atoms with Gasteiger partial charge >= 0.3 is 5.97 Å². The average Bonchev–Trinajstić information content (AvgIpc) is 2.84. The molecule has 0 aliphatic rings. The fourth-order valence-electron chi connectivity index (χ4n) is 1.57. The summed E-state index contributed by atoms with van der Waals surface area (Å²) in [6.07, 6.45) is 0.680. The molecule has 2 rings (SSSR count). The van der Waals surface area contributed by atoms with Crippen molar-refractivity contribution in [1.82, 2.24) is 10.3 Å². The second kappa shape index (κ2) is 6.40. The summed E-state index contributed by atoms with van der Waals surface area (Å²) in [5.41, 5.74) is 1.70. The summed E-state index contributed by atoms with van der Waals surface area (Å²) in [5, 5.41) is 14.1. The van der Waals surface area contributed by atoms with Gasteiger partial charge in [-0.1, -0.05) is 0 Å². The van der Waals surface area contributed by atoms with Crippen LogP contribution in [0.4, 0.5) is 4.39 Å². The molecule has 0 fully saturated rings. The van der Waals surface area contributed by atoms with Crippen molar-refractivity contribution >= 4 is 17.3 Å². The van der Waals surface area contributed by atoms with Crippen LogP contribution >= 0.6 is 11.3 Å². The smallest absolute Gasteiger partial charge is 0.317 e. The molecule has 0 bridgehead atoms. The van der Waals surface area contributed by atoms with Crippen LogP contribution < -0.4 is 5.32 Å². The third kappa shape index (κ3) is 4.11. The van der Waals surface area contributed by atoms with Gasteiger partial charge in [0.05, 0.1) is 17.2 Å². The number of hydrogen-bond donors (Lipinski definition) is 2. The number of benzene rings is 1. The molecule has 6 heteroatoms. The van der Waals surface area contributed by atoms with Crippen molar-refractivity contribution in [3.63, 3.8) is 0 Å². The highest BCUT2D eigenvalue weighted by Gasteiger charge is 2.05. The van der Waals surface area contributed by atoms with E-state index in [0.717, 1.165) is 16.3 Å². The Balaban J connectivity index is 1.91. The minimum Gasteiger partial charge on any atom is -0.480 e. The Kier molecular flexibility index (Phi) is 4.59. The van der Waals surface area contributed by atoms with Gasteiger partial charge in [-0.2, -0.15) is 0 Å². The number of aromatic nitrogens is 1. The van der Waals surface area contributed by atoms with E-state index in [1.165, 1.54) is 23.5 Å². The molecule has 0 spiro atoms. The maximum Gasteiger partial charge on any atom is 0.317 e. The zero-order valence-corrected chi connectivity index (χ0v) is 10.9. The molecule has 0 aliphatic heterocycles. The maximum atomic E-state index is 12.8. The van der Waals surface area contributed by atoms with Crippen molar-refractivity contribution in [3.05, 3.63) is 40.5 Å². The van der Waals surface area contributed by atoms with Gasteiger partial charge < -0.3 is 10.4 Å². The SMILES string of the molecule is O=C(O)CNCCc1nc(-c2ccc(F)cc2)cs1. The number of carboxylic acid groups (broad SMARTS) is 1. The molecule has 1 aromatic heterocycles. The van der Waals surface area contributed by atoms with E-state index in [1.54, 1.807) is 12.1 Å². The molecule has 0 saturated heterocycles. The molecule has 0 saturated carbocycles. The van der Waals surface area contributed by atoms with Crippen molar-refractivity contribution < 1.29 is 14.3 Å². The van der Waals surface area contributed by atoms with E-state index in [4.69, 9.17) is 5.11 Å². The van der Waals surface area contributed by atoms with Crippen molar-refractivity contribution in [1.29, 1.82) is 0 Å². The molecule has 0 unspecified atom stereocenters. The van der Waals surface area contributed by atoms with Crippen LogP contribution in [0.1, 0.15) is 5.01 Å². The quantitative estimate of drug-likeness (QED) is 0.796. The summed E-state index contributed by atoms with van der Waals surface area (Å²) in [6.45, 7) is 0.527. The van der Waals surface area contributed by atoms with Gasteiger partial charge in [0.25, 0.3) is 0 Å². The lowest BCUT2D eigenvalue weighted by Crippen LogP contribution is -2.24. The first kappa shape index (κ1) is 13.6. The summed E-state index contributed by atoms with van der Waals surface area (Å²) < 4.78 is 12.8. The van der Waals surface area contributed by atoms with Crippen LogP contribution in [-0.4, -0.2) is 29.1 Å². The van der Waals surface area contributed by atoms with Crippen LogP contribution in [0.25, 0.3) is 11.3 Å². The molecule has 4 nitrogen and oxygen atoms in total. The molecule has 0 amide bonds. The van der Waals surface area contributed by atoms with Gasteiger partial charge in [0.2, 0.25) is 0 Å². The van der Waals surface area contributed by atoms with Gasteiger partial charge in [0, 0.05) is 23.9 Å². The lowest BCUT2D eigenvalue weighted by Gasteiger charge is -1.98. The molecular weight excluding hydrogens is 267 g/mol. The number of nitrogens with one attached hydrogen (secondary N) is 1. The molecule has 0 atom stereocenters. The standard InChI is InChI=1S/C13H13FN2O2S/c14-10-3-1-9(2-4-10)11-8-19-12(16-11)5-6-15-7-13(17)18/h1-4,8,15H,5-7H2,(H,17,18). The summed E-state index contributed by atoms with van der Waals surface area (Å²) >= 11 is 1.52. The number of carboxylic acids is 1. The van der Waals surface area contributed by atoms with E-state index in [0.29, 0.717) is 13.0 Å². The van der Waals surface area contributed by atoms with Crippen LogP contribution in [0.3, 0.4) is 0 Å². The largest absolute Gasteiger partial charge is 0.480 e. The summed E-state index contributed by atoms with van der Waals surface area (Å²) in [7, 11) is 0. The topological polar surface area (TPSA) is 62.2 Å². The molecule has 0 aliphatic carbocycles. The number of thiazole rings is 1. The molecule has 100 valence electrons. The predicted octanol–water partition coefficient (Wildman–Crippen LogP) is 2.17. The van der Waals surface area contributed by atoms with Gasteiger partial charge in [-0.05, 0) is 24.3 Å². The Morgan fingerprint density at radius 2 is 2.11 bits per heavy atom. The lowest BCUT2D eigenvalue weighted by atomic mass is 10.2. The van der Waals surface area contributed by atoms with Gasteiger partial charge in [0.15, 0.2) is 0 Å². The highest BCUT2D eigenvalue weighted by Crippen LogP contribution is 2.22. The molecule has 2 aromatic rings. The van der Waals surface area contributed by atoms with E-state index in [1.807, 2.05) is 5.38 Å². The molecular formula is C13H13FN2O2S. The Morgan fingerprint density at radius 1 is 1.37 bits per heavy atom. The van der Waals surface area contributed by atoms with Crippen LogP contribution in [0.2, 0.25) is 0 Å². The Labute approximate surface area is 113 Å². The minimum atomic E-state index is -0.869. The second-order valence-corrected chi connectivity index (χ2v) is 4.90. The fraction of sp³-hybridized carbons (Fsp3) is 0.231. The second-order valence-electron chi connectivity index (χ2n) is 3.95. The van der Waals surface area contributed by atoms with Crippen LogP contribution in [0.15, 0.2) is 29.6 Å². The van der Waals surface area contributed by atoms with Crippen molar-refractivity contribution in [2.45, 2.75) is 6.42 Å². The Morgan fingerprint density at radius 3 is 2.79 bits per heavy atom. The lowest BCUT2D eigenvalue weighted by molar-refractivity contribution is -0.135. The molecule has 2 N–H and O–H groups in total. The monoisotopic (exact) mass is 280 g/mol. The number of rotatable bonds is 6. The summed E-state index contributed by atoms with van der Waals surface area (Å²) in [4.78, 5) is 14.8. The van der Waals surface area contributed by atoms with E-state index < -0.39 is 5.97 Å². The summed E-state index contributed by atoms with van der Waals surface area (Å²) in [5.74, 6) is -1.14. The highest BCUT2D eigenvalue weighted by molar-refractivity contribution is 7.09. The Bertz CT molecular complexity index is 554. The minimum absolute atomic E-state index is 0.0454. The molecule has 1 aromatic carbocycles. The number of carbonyl (C=O) groups is 1. The van der Waals surface area contributed by atoms with Gasteiger partial charge in [-0.25, -0.2) is 9.37 Å². The average molecular weight is 280 g/mol. The maximum absolute atomic E-state index is 12.8. The van der Waals surface area contributed by atoms with E-state index in [2.05, 4.69) is 10.3 Å². The third-order valence-corrected chi connectivity index (χ3v) is 3.39. The number of aliphatic carboxylic acids is 1. The van der Waals surface area contributed by atoms with E-state index >= 15 is 0 Å². The fourth-order valence-corrected chi connectivity index (χ4v) is 2.38. The first-order valence-electron chi connectivity index (χ1n) is 5.78. The van der Waals surface area contributed by atoms with Crippen molar-refractivity contribution in [2.75, 3.05) is 13.1 Å². The Hall–Kier alpha value is -1.79. The molecule has 1 heterocycles. The van der Waals surface area contributed by atoms with Crippen LogP contribution in [0.5, 0.6) is 0 Å². The van der Waals surface area contributed by atoms with Gasteiger partial charge in [0.1, 0.15) is 5.82 Å². The first-order valence-corrected chi connectivity index (χ1v) is 6.66. The van der Waals surface area contributed by atoms with Gasteiger partial charge in [-0.3, -0.25) is 4.79 Å². The normalized spacial score (nSPS) is 10.6. The van der Waals surface area contributed by atoms with Crippen molar-refractivity contribution in [2.24, 2.45) is 0 Å². The third-order valence-electron chi connectivity index (χ3n) is 2.48. The van der Waals surface area contributed by atoms with E-state index in [9.17, 15) is 9.18 Å². The zero-order chi connectivity index (χ0) is 13.7. The van der Waals surface area contributed by atoms with Gasteiger partial charge in [-0.15, -0.1) is 11.3 Å². The number of hydrogen-bond acceptors (Lipinski definition) is 4. The van der Waals surface area contributed by atoms with Crippen LogP contribution in [0, 0.1) is 5.82 Å². The number of nitrogens with zero attached hydrogens (tertiary/aromatic N) is 1. The van der Waals surface area contributed by atoms with Crippen LogP contribution in [-0.2, 0) is 11.2 Å². The summed E-state index contributed by atoms with van der Waals surface area (Å²) in [6, 6.07) is 6.19. The van der Waals surface area contributed by atoms with Crippen molar-refractivity contribution in [3.8, 4) is 11.3 Å². The number of halogens is 1. The molecule has 19 heavy (non-hydrogen) atoms. The highest BCUT2D eigenvalue weighted by atomic mass is 32.1.